The molecule has 2 aromatic rings. The van der Waals surface area contributed by atoms with E-state index in [9.17, 15) is 9.59 Å². The Morgan fingerprint density at radius 1 is 1.17 bits per heavy atom. The first kappa shape index (κ1) is 17.7. The molecule has 0 radical (unpaired) electrons. The Hall–Kier alpha value is -1.60. The molecule has 23 heavy (non-hydrogen) atoms. The molecule has 0 aliphatic carbocycles. The Morgan fingerprint density at radius 3 is 2.65 bits per heavy atom. The third kappa shape index (κ3) is 5.21. The van der Waals surface area contributed by atoms with Gasteiger partial charge in [-0.25, -0.2) is 4.79 Å². The number of ether oxygens (including phenoxy) is 2. The highest BCUT2D eigenvalue weighted by atomic mass is 35.5. The van der Waals surface area contributed by atoms with Crippen molar-refractivity contribution in [3.63, 3.8) is 0 Å². The molecule has 0 atom stereocenters. The molecule has 6 nitrogen and oxygen atoms in total. The predicted octanol–water partition coefficient (Wildman–Crippen LogP) is 2.34. The number of aromatic amines is 1. The standard InChI is InChI=1S/C15H16Cl2N2O4/c1-10-7-19(15(21)18-14(10)20)9-23-5-4-22-8-11-2-3-12(16)6-13(11)17/h2-3,6-7H,4-5,8-9H2,1H3,(H,18,20,21). The lowest BCUT2D eigenvalue weighted by molar-refractivity contribution is 0.0120. The highest BCUT2D eigenvalue weighted by Gasteiger charge is 2.02. The molecule has 0 aliphatic rings. The van der Waals surface area contributed by atoms with Crippen molar-refractivity contribution in [1.82, 2.24) is 9.55 Å². The van der Waals surface area contributed by atoms with Gasteiger partial charge >= 0.3 is 5.69 Å². The van der Waals surface area contributed by atoms with Gasteiger partial charge in [0, 0.05) is 21.8 Å². The van der Waals surface area contributed by atoms with Crippen molar-refractivity contribution in [2.75, 3.05) is 13.2 Å². The van der Waals surface area contributed by atoms with Crippen LogP contribution in [0.5, 0.6) is 0 Å². The van der Waals surface area contributed by atoms with Gasteiger partial charge in [-0.2, -0.15) is 0 Å². The van der Waals surface area contributed by atoms with Gasteiger partial charge in [-0.1, -0.05) is 29.3 Å². The number of hydrogen-bond donors (Lipinski definition) is 1. The minimum Gasteiger partial charge on any atom is -0.374 e. The third-order valence-electron chi connectivity index (χ3n) is 3.06. The van der Waals surface area contributed by atoms with Gasteiger partial charge < -0.3 is 9.47 Å². The Balaban J connectivity index is 1.73. The summed E-state index contributed by atoms with van der Waals surface area (Å²) < 4.78 is 12.1. The van der Waals surface area contributed by atoms with Crippen molar-refractivity contribution in [3.05, 3.63) is 66.4 Å². The summed E-state index contributed by atoms with van der Waals surface area (Å²) in [7, 11) is 0. The number of hydrogen-bond acceptors (Lipinski definition) is 4. The van der Waals surface area contributed by atoms with Crippen molar-refractivity contribution >= 4 is 23.2 Å². The highest BCUT2D eigenvalue weighted by Crippen LogP contribution is 2.21. The van der Waals surface area contributed by atoms with E-state index in [0.29, 0.717) is 35.4 Å². The average Bonchev–Trinajstić information content (AvgIpc) is 2.49. The van der Waals surface area contributed by atoms with E-state index in [0.717, 1.165) is 5.56 Å². The molecule has 0 amide bonds. The number of halogens is 2. The molecular formula is C15H16Cl2N2O4. The molecular weight excluding hydrogens is 343 g/mol. The average molecular weight is 359 g/mol. The lowest BCUT2D eigenvalue weighted by Gasteiger charge is -2.09. The summed E-state index contributed by atoms with van der Waals surface area (Å²) in [5, 5.41) is 1.12. The summed E-state index contributed by atoms with van der Waals surface area (Å²) in [5.41, 5.74) is 0.384. The van der Waals surface area contributed by atoms with Gasteiger partial charge in [-0.3, -0.25) is 14.3 Å². The van der Waals surface area contributed by atoms with Crippen molar-refractivity contribution in [2.45, 2.75) is 20.3 Å². The number of aryl methyl sites for hydroxylation is 1. The van der Waals surface area contributed by atoms with Crippen LogP contribution >= 0.6 is 23.2 Å². The number of nitrogens with zero attached hydrogens (tertiary/aromatic N) is 1. The summed E-state index contributed by atoms with van der Waals surface area (Å²) in [6, 6.07) is 5.20. The van der Waals surface area contributed by atoms with Crippen LogP contribution in [0.4, 0.5) is 0 Å². The number of H-pyrrole nitrogens is 1. The maximum absolute atomic E-state index is 11.5. The molecule has 0 saturated heterocycles. The summed E-state index contributed by atoms with van der Waals surface area (Å²) in [4.78, 5) is 25.0. The molecule has 0 unspecified atom stereocenters. The molecule has 1 N–H and O–H groups in total. The fraction of sp³-hybridized carbons (Fsp3) is 0.333. The summed E-state index contributed by atoms with van der Waals surface area (Å²) in [5.74, 6) is 0. The van der Waals surface area contributed by atoms with Crippen LogP contribution in [0.2, 0.25) is 10.0 Å². The maximum Gasteiger partial charge on any atom is 0.330 e. The van der Waals surface area contributed by atoms with Crippen molar-refractivity contribution < 1.29 is 9.47 Å². The van der Waals surface area contributed by atoms with Crippen LogP contribution in [0.3, 0.4) is 0 Å². The molecule has 0 fully saturated rings. The number of rotatable bonds is 7. The minimum atomic E-state index is -0.505. The minimum absolute atomic E-state index is 0.0432. The first-order valence-electron chi connectivity index (χ1n) is 6.87. The third-order valence-corrected chi connectivity index (χ3v) is 3.65. The highest BCUT2D eigenvalue weighted by molar-refractivity contribution is 6.35. The van der Waals surface area contributed by atoms with Crippen LogP contribution < -0.4 is 11.2 Å². The van der Waals surface area contributed by atoms with Crippen LogP contribution in [-0.4, -0.2) is 22.8 Å². The Morgan fingerprint density at radius 2 is 1.91 bits per heavy atom. The SMILES string of the molecule is Cc1cn(COCCOCc2ccc(Cl)cc2Cl)c(=O)[nH]c1=O. The van der Waals surface area contributed by atoms with E-state index in [-0.39, 0.29) is 6.73 Å². The monoisotopic (exact) mass is 358 g/mol. The Labute approximate surface area is 142 Å². The Bertz CT molecular complexity index is 786. The largest absolute Gasteiger partial charge is 0.374 e. The van der Waals surface area contributed by atoms with E-state index >= 15 is 0 Å². The van der Waals surface area contributed by atoms with Gasteiger partial charge in [0.05, 0.1) is 19.8 Å². The molecule has 8 heteroatoms. The summed E-state index contributed by atoms with van der Waals surface area (Å²) in [6.07, 6.45) is 1.45. The zero-order chi connectivity index (χ0) is 16.8. The number of benzene rings is 1. The molecule has 0 saturated carbocycles. The zero-order valence-corrected chi connectivity index (χ0v) is 14.0. The first-order chi connectivity index (χ1) is 11.0. The lowest BCUT2D eigenvalue weighted by atomic mass is 10.2. The van der Waals surface area contributed by atoms with E-state index < -0.39 is 11.2 Å². The molecule has 2 rings (SSSR count). The van der Waals surface area contributed by atoms with Crippen molar-refractivity contribution in [2.24, 2.45) is 0 Å². The fourth-order valence-corrected chi connectivity index (χ4v) is 2.28. The second-order valence-electron chi connectivity index (χ2n) is 4.87. The zero-order valence-electron chi connectivity index (χ0n) is 12.5. The number of nitrogens with one attached hydrogen (secondary N) is 1. The predicted molar refractivity (Wildman–Crippen MR) is 88.1 cm³/mol. The summed E-state index contributed by atoms with van der Waals surface area (Å²) in [6.45, 7) is 2.65. The van der Waals surface area contributed by atoms with E-state index in [1.165, 1.54) is 10.8 Å². The maximum atomic E-state index is 11.5. The summed E-state index contributed by atoms with van der Waals surface area (Å²) >= 11 is 11.8. The lowest BCUT2D eigenvalue weighted by Crippen LogP contribution is -2.31. The quantitative estimate of drug-likeness (QED) is 0.771. The van der Waals surface area contributed by atoms with Crippen LogP contribution in [-0.2, 0) is 22.8 Å². The smallest absolute Gasteiger partial charge is 0.330 e. The molecule has 1 aromatic heterocycles. The molecule has 0 spiro atoms. The van der Waals surface area contributed by atoms with Gasteiger partial charge in [0.15, 0.2) is 0 Å². The van der Waals surface area contributed by atoms with Crippen LogP contribution in [0.15, 0.2) is 34.0 Å². The van der Waals surface area contributed by atoms with Crippen LogP contribution in [0, 0.1) is 6.92 Å². The van der Waals surface area contributed by atoms with Gasteiger partial charge in [0.25, 0.3) is 5.56 Å². The van der Waals surface area contributed by atoms with Gasteiger partial charge in [-0.05, 0) is 24.6 Å². The topological polar surface area (TPSA) is 73.3 Å². The van der Waals surface area contributed by atoms with E-state index in [4.69, 9.17) is 32.7 Å². The van der Waals surface area contributed by atoms with Gasteiger partial charge in [-0.15, -0.1) is 0 Å². The van der Waals surface area contributed by atoms with Crippen LogP contribution in [0.25, 0.3) is 0 Å². The normalized spacial score (nSPS) is 10.9. The van der Waals surface area contributed by atoms with Gasteiger partial charge in [0.2, 0.25) is 0 Å². The fourth-order valence-electron chi connectivity index (χ4n) is 1.82. The van der Waals surface area contributed by atoms with E-state index in [1.54, 1.807) is 25.1 Å². The molecule has 0 aliphatic heterocycles. The molecule has 1 heterocycles. The second kappa shape index (κ2) is 8.31. The molecule has 1 aromatic carbocycles. The first-order valence-corrected chi connectivity index (χ1v) is 7.63. The molecule has 0 bridgehead atoms. The molecule has 124 valence electrons. The Kier molecular flexibility index (Phi) is 6.41. The van der Waals surface area contributed by atoms with Crippen molar-refractivity contribution in [3.8, 4) is 0 Å². The van der Waals surface area contributed by atoms with Gasteiger partial charge in [0.1, 0.15) is 6.73 Å². The number of aromatic nitrogens is 2. The van der Waals surface area contributed by atoms with E-state index in [1.807, 2.05) is 0 Å². The van der Waals surface area contributed by atoms with E-state index in [2.05, 4.69) is 4.98 Å². The second-order valence-corrected chi connectivity index (χ2v) is 5.71. The van der Waals surface area contributed by atoms with Crippen LogP contribution in [0.1, 0.15) is 11.1 Å². The van der Waals surface area contributed by atoms with Crippen molar-refractivity contribution in [1.29, 1.82) is 0 Å².